The maximum absolute atomic E-state index is 10.2. The van der Waals surface area contributed by atoms with E-state index in [0.717, 1.165) is 12.9 Å². The Morgan fingerprint density at radius 1 is 1.67 bits per heavy atom. The number of rotatable bonds is 4. The van der Waals surface area contributed by atoms with Crippen LogP contribution in [0.15, 0.2) is 0 Å². The van der Waals surface area contributed by atoms with E-state index in [1.807, 2.05) is 0 Å². The van der Waals surface area contributed by atoms with Crippen LogP contribution in [0.1, 0.15) is 6.42 Å². The van der Waals surface area contributed by atoms with Gasteiger partial charge in [-0.15, -0.1) is 0 Å². The van der Waals surface area contributed by atoms with Crippen LogP contribution in [0.3, 0.4) is 0 Å². The summed E-state index contributed by atoms with van der Waals surface area (Å²) < 4.78 is 24.6. The van der Waals surface area contributed by atoms with E-state index in [9.17, 15) is 8.42 Å². The molecule has 0 N–H and O–H groups in total. The summed E-state index contributed by atoms with van der Waals surface area (Å²) >= 11 is 4.41. The highest BCUT2D eigenvalue weighted by molar-refractivity contribution is 7.86. The normalized spacial score (nSPS) is 11.2. The summed E-state index contributed by atoms with van der Waals surface area (Å²) in [4.78, 5) is 0. The second-order valence-electron chi connectivity index (χ2n) is 1.37. The van der Waals surface area contributed by atoms with Crippen molar-refractivity contribution < 1.29 is 12.6 Å². The maximum atomic E-state index is 10.2. The van der Waals surface area contributed by atoms with E-state index >= 15 is 0 Å². The summed E-state index contributed by atoms with van der Waals surface area (Å²) in [5, 5.41) is 1.38. The third-order valence-corrected chi connectivity index (χ3v) is 1.11. The van der Waals surface area contributed by atoms with Gasteiger partial charge in [0.2, 0.25) is 0 Å². The van der Waals surface area contributed by atoms with E-state index in [1.165, 1.54) is 5.37 Å². The molecule has 9 heavy (non-hydrogen) atoms. The molecule has 0 rings (SSSR count). The van der Waals surface area contributed by atoms with Gasteiger partial charge in [0, 0.05) is 6.42 Å². The van der Waals surface area contributed by atoms with Crippen LogP contribution < -0.4 is 0 Å². The van der Waals surface area contributed by atoms with Gasteiger partial charge in [0.1, 0.15) is 6.61 Å². The fourth-order valence-electron chi connectivity index (χ4n) is 0.202. The Morgan fingerprint density at radius 2 is 2.22 bits per heavy atom. The quantitative estimate of drug-likeness (QED) is 0.348. The molecule has 0 aliphatic heterocycles. The van der Waals surface area contributed by atoms with Crippen molar-refractivity contribution in [2.24, 2.45) is 0 Å². The Bertz CT molecular complexity index is 170. The summed E-state index contributed by atoms with van der Waals surface area (Å²) in [5.41, 5.74) is 0. The molecule has 53 valence electrons. The molecule has 0 bridgehead atoms. The summed E-state index contributed by atoms with van der Waals surface area (Å²) in [6, 6.07) is 0. The van der Waals surface area contributed by atoms with Gasteiger partial charge < -0.3 is 0 Å². The summed E-state index contributed by atoms with van der Waals surface area (Å²) in [6.45, 7) is 1.14. The molecule has 0 saturated heterocycles. The fraction of sp³-hybridized carbons (Fsp3) is 0.500. The second-order valence-corrected chi connectivity index (χ2v) is 3.30. The monoisotopic (exact) mass is 167 g/mol. The molecule has 0 aromatic carbocycles. The lowest BCUT2D eigenvalue weighted by atomic mass is 10.5. The molecule has 0 amide bonds. The third-order valence-electron chi connectivity index (χ3n) is 0.435. The molecule has 0 aromatic rings. The standard InChI is InChI=1S/C4H7O3S2/c1-9(5,6)7-3-2-4-8/h3-4H,2H2,1H3. The summed E-state index contributed by atoms with van der Waals surface area (Å²) in [7, 11) is -3.32. The van der Waals surface area contributed by atoms with Gasteiger partial charge in [-0.3, -0.25) is 4.18 Å². The largest absolute Gasteiger partial charge is 0.264 e. The van der Waals surface area contributed by atoms with Gasteiger partial charge in [-0.1, -0.05) is 12.2 Å². The average molecular weight is 167 g/mol. The molecule has 3 nitrogen and oxygen atoms in total. The first kappa shape index (κ1) is 9.00. The Labute approximate surface area is 60.1 Å². The van der Waals surface area contributed by atoms with Gasteiger partial charge in [0.15, 0.2) is 0 Å². The molecule has 5 heteroatoms. The van der Waals surface area contributed by atoms with Gasteiger partial charge in [-0.2, -0.15) is 8.42 Å². The van der Waals surface area contributed by atoms with Crippen molar-refractivity contribution >= 4 is 27.7 Å². The van der Waals surface area contributed by atoms with E-state index in [1.54, 1.807) is 0 Å². The predicted octanol–water partition coefficient (Wildman–Crippen LogP) is 0.514. The van der Waals surface area contributed by atoms with Crippen LogP contribution in [-0.4, -0.2) is 20.0 Å². The van der Waals surface area contributed by atoms with Gasteiger partial charge in [0.25, 0.3) is 10.1 Å². The topological polar surface area (TPSA) is 43.4 Å². The summed E-state index contributed by atoms with van der Waals surface area (Å²) in [5.74, 6) is 0. The number of thiocarbonyl (C=S) groups is 1. The van der Waals surface area contributed by atoms with Gasteiger partial charge in [0.05, 0.1) is 6.26 Å². The van der Waals surface area contributed by atoms with Crippen molar-refractivity contribution in [3.05, 3.63) is 6.61 Å². The van der Waals surface area contributed by atoms with Crippen molar-refractivity contribution in [1.82, 2.24) is 0 Å². The molecule has 0 fully saturated rings. The maximum Gasteiger partial charge on any atom is 0.264 e. The lowest BCUT2D eigenvalue weighted by Crippen LogP contribution is -1.99. The van der Waals surface area contributed by atoms with Gasteiger partial charge in [-0.05, 0) is 5.37 Å². The first-order chi connectivity index (χ1) is 4.06. The zero-order valence-electron chi connectivity index (χ0n) is 4.90. The third kappa shape index (κ3) is 8.00. The number of hydrogen-bond acceptors (Lipinski definition) is 4. The molecular weight excluding hydrogens is 160 g/mol. The average Bonchev–Trinajstić information content (AvgIpc) is 1.63. The molecule has 1 radical (unpaired) electrons. The van der Waals surface area contributed by atoms with Gasteiger partial charge in [-0.25, -0.2) is 0 Å². The molecule has 0 unspecified atom stereocenters. The van der Waals surface area contributed by atoms with Crippen LogP contribution in [0.2, 0.25) is 0 Å². The van der Waals surface area contributed by atoms with Crippen LogP contribution in [0, 0.1) is 6.61 Å². The lowest BCUT2D eigenvalue weighted by Gasteiger charge is -1.93. The van der Waals surface area contributed by atoms with Crippen LogP contribution in [-0.2, 0) is 14.3 Å². The predicted molar refractivity (Wildman–Crippen MR) is 38.5 cm³/mol. The van der Waals surface area contributed by atoms with Crippen LogP contribution in [0.4, 0.5) is 0 Å². The first-order valence-electron chi connectivity index (χ1n) is 2.20. The highest BCUT2D eigenvalue weighted by atomic mass is 32.2. The minimum Gasteiger partial charge on any atom is -0.264 e. The molecule has 0 aliphatic rings. The first-order valence-corrected chi connectivity index (χ1v) is 4.48. The van der Waals surface area contributed by atoms with E-state index in [2.05, 4.69) is 16.4 Å². The van der Waals surface area contributed by atoms with Crippen molar-refractivity contribution in [3.63, 3.8) is 0 Å². The summed E-state index contributed by atoms with van der Waals surface area (Å²) in [6.07, 6.45) is 1.34. The van der Waals surface area contributed by atoms with Crippen LogP contribution in [0.25, 0.3) is 0 Å². The Morgan fingerprint density at radius 3 is 2.56 bits per heavy atom. The van der Waals surface area contributed by atoms with Gasteiger partial charge >= 0.3 is 0 Å². The van der Waals surface area contributed by atoms with E-state index < -0.39 is 10.1 Å². The Balaban J connectivity index is 3.40. The number of hydrogen-bond donors (Lipinski definition) is 0. The van der Waals surface area contributed by atoms with Crippen molar-refractivity contribution in [3.8, 4) is 0 Å². The highest BCUT2D eigenvalue weighted by Crippen LogP contribution is 1.92. The lowest BCUT2D eigenvalue weighted by molar-refractivity contribution is 0.399. The smallest absolute Gasteiger partial charge is 0.264 e. The van der Waals surface area contributed by atoms with E-state index in [4.69, 9.17) is 0 Å². The molecule has 0 atom stereocenters. The molecule has 0 spiro atoms. The highest BCUT2D eigenvalue weighted by Gasteiger charge is 1.98. The molecule has 0 saturated carbocycles. The van der Waals surface area contributed by atoms with E-state index in [-0.39, 0.29) is 0 Å². The van der Waals surface area contributed by atoms with Crippen LogP contribution >= 0.6 is 12.2 Å². The SMILES string of the molecule is CS(=O)(=O)O[CH]CC=S. The van der Waals surface area contributed by atoms with Crippen LogP contribution in [0.5, 0.6) is 0 Å². The zero-order chi connectivity index (χ0) is 7.33. The zero-order valence-corrected chi connectivity index (χ0v) is 6.54. The molecule has 0 aromatic heterocycles. The molecular formula is C4H7O3S2. The molecule has 0 heterocycles. The Kier molecular flexibility index (Phi) is 3.92. The Hall–Kier alpha value is -0.0000000000000000555. The van der Waals surface area contributed by atoms with E-state index in [0.29, 0.717) is 6.42 Å². The minimum absolute atomic E-state index is 0.363. The van der Waals surface area contributed by atoms with Crippen molar-refractivity contribution in [2.75, 3.05) is 6.26 Å². The second kappa shape index (κ2) is 3.92. The molecule has 0 aliphatic carbocycles. The van der Waals surface area contributed by atoms with Crippen molar-refractivity contribution in [1.29, 1.82) is 0 Å². The van der Waals surface area contributed by atoms with Crippen molar-refractivity contribution in [2.45, 2.75) is 6.42 Å². The fourth-order valence-corrected chi connectivity index (χ4v) is 0.606. The minimum atomic E-state index is -3.32.